The number of hydrogen-bond acceptors (Lipinski definition) is 4. The minimum atomic E-state index is -0.416. The second kappa shape index (κ2) is 10.2. The van der Waals surface area contributed by atoms with Crippen LogP contribution in [-0.4, -0.2) is 25.2 Å². The third-order valence-electron chi connectivity index (χ3n) is 3.69. The van der Waals surface area contributed by atoms with E-state index in [-0.39, 0.29) is 5.97 Å². The number of carbonyl (C=O) groups is 2. The first kappa shape index (κ1) is 18.5. The maximum Gasteiger partial charge on any atom is 0.338 e. The van der Waals surface area contributed by atoms with E-state index in [1.807, 2.05) is 19.9 Å². The van der Waals surface area contributed by atoms with E-state index in [2.05, 4.69) is 6.92 Å². The molecule has 0 saturated carbocycles. The van der Waals surface area contributed by atoms with Crippen molar-refractivity contribution in [3.63, 3.8) is 0 Å². The van der Waals surface area contributed by atoms with Gasteiger partial charge in [-0.2, -0.15) is 0 Å². The topological polar surface area (TPSA) is 52.6 Å². The molecule has 0 heterocycles. The molecule has 1 atom stereocenters. The van der Waals surface area contributed by atoms with Crippen LogP contribution in [0.4, 0.5) is 0 Å². The van der Waals surface area contributed by atoms with Crippen LogP contribution in [0.1, 0.15) is 59.3 Å². The first-order valence-corrected chi connectivity index (χ1v) is 8.35. The van der Waals surface area contributed by atoms with Crippen molar-refractivity contribution in [2.75, 3.05) is 13.2 Å². The van der Waals surface area contributed by atoms with Crippen molar-refractivity contribution < 1.29 is 19.1 Å². The van der Waals surface area contributed by atoms with E-state index < -0.39 is 5.97 Å². The van der Waals surface area contributed by atoms with Gasteiger partial charge in [0.2, 0.25) is 0 Å². The maximum atomic E-state index is 12.3. The van der Waals surface area contributed by atoms with Gasteiger partial charge in [-0.1, -0.05) is 45.8 Å². The first-order valence-electron chi connectivity index (χ1n) is 8.35. The lowest BCUT2D eigenvalue weighted by Gasteiger charge is -2.11. The summed E-state index contributed by atoms with van der Waals surface area (Å²) < 4.78 is 10.5. The first-order chi connectivity index (χ1) is 10.6. The molecule has 1 rings (SSSR count). The Balaban J connectivity index is 2.84. The summed E-state index contributed by atoms with van der Waals surface area (Å²) in [4.78, 5) is 24.5. The molecule has 0 fully saturated rings. The number of esters is 2. The highest BCUT2D eigenvalue weighted by atomic mass is 16.5. The highest BCUT2D eigenvalue weighted by molar-refractivity contribution is 6.02. The van der Waals surface area contributed by atoms with Crippen molar-refractivity contribution in [3.05, 3.63) is 23.3 Å². The van der Waals surface area contributed by atoms with Crippen LogP contribution in [0.15, 0.2) is 23.3 Å². The lowest BCUT2D eigenvalue weighted by atomic mass is 10.0. The van der Waals surface area contributed by atoms with E-state index in [0.717, 1.165) is 32.1 Å². The van der Waals surface area contributed by atoms with Gasteiger partial charge in [0.15, 0.2) is 0 Å². The van der Waals surface area contributed by atoms with Gasteiger partial charge in [0.1, 0.15) is 0 Å². The number of hydrogen-bond donors (Lipinski definition) is 0. The van der Waals surface area contributed by atoms with Crippen LogP contribution in [-0.2, 0) is 19.1 Å². The minimum Gasteiger partial charge on any atom is -0.462 e. The van der Waals surface area contributed by atoms with Crippen LogP contribution < -0.4 is 0 Å². The van der Waals surface area contributed by atoms with E-state index in [1.54, 1.807) is 6.08 Å². The average Bonchev–Trinajstić information content (AvgIpc) is 2.69. The second-order valence-corrected chi connectivity index (χ2v) is 5.75. The fraction of sp³-hybridized carbons (Fsp3) is 0.667. The predicted molar refractivity (Wildman–Crippen MR) is 86.3 cm³/mol. The standard InChI is InChI=1S/C18H28O4/c1-4-6-12-21-17(19)15-10-8-14(3)9-11-16(15)18(20)22-13-7-5-2/h8,10,14H,4-7,9,11-13H2,1-3H3. The highest BCUT2D eigenvalue weighted by Gasteiger charge is 2.24. The van der Waals surface area contributed by atoms with E-state index in [1.165, 1.54) is 0 Å². The van der Waals surface area contributed by atoms with Crippen LogP contribution in [0.2, 0.25) is 0 Å². The minimum absolute atomic E-state index is 0.333. The largest absolute Gasteiger partial charge is 0.462 e. The second-order valence-electron chi connectivity index (χ2n) is 5.75. The number of ether oxygens (including phenoxy) is 2. The summed E-state index contributed by atoms with van der Waals surface area (Å²) in [6, 6.07) is 0. The molecule has 0 spiro atoms. The molecule has 0 aromatic heterocycles. The van der Waals surface area contributed by atoms with Gasteiger partial charge in [-0.3, -0.25) is 0 Å². The van der Waals surface area contributed by atoms with Crippen molar-refractivity contribution in [3.8, 4) is 0 Å². The molecule has 0 amide bonds. The van der Waals surface area contributed by atoms with Crippen molar-refractivity contribution in [2.24, 2.45) is 5.92 Å². The summed E-state index contributed by atoms with van der Waals surface area (Å²) >= 11 is 0. The molecule has 0 aromatic carbocycles. The number of allylic oxidation sites excluding steroid dienone is 1. The van der Waals surface area contributed by atoms with E-state index in [9.17, 15) is 9.59 Å². The van der Waals surface area contributed by atoms with Gasteiger partial charge in [-0.25, -0.2) is 9.59 Å². The van der Waals surface area contributed by atoms with Crippen molar-refractivity contribution in [2.45, 2.75) is 59.3 Å². The Kier molecular flexibility index (Phi) is 8.56. The summed E-state index contributed by atoms with van der Waals surface area (Å²) in [6.45, 7) is 6.94. The molecular weight excluding hydrogens is 280 g/mol. The van der Waals surface area contributed by atoms with Gasteiger partial charge >= 0.3 is 11.9 Å². The summed E-state index contributed by atoms with van der Waals surface area (Å²) in [7, 11) is 0. The quantitative estimate of drug-likeness (QED) is 0.503. The smallest absolute Gasteiger partial charge is 0.338 e. The molecule has 4 heteroatoms. The molecule has 4 nitrogen and oxygen atoms in total. The van der Waals surface area contributed by atoms with Crippen molar-refractivity contribution >= 4 is 11.9 Å². The molecular formula is C18H28O4. The Morgan fingerprint density at radius 2 is 1.68 bits per heavy atom. The summed E-state index contributed by atoms with van der Waals surface area (Å²) in [5.41, 5.74) is 0.820. The van der Waals surface area contributed by atoms with Gasteiger partial charge in [0.05, 0.1) is 24.4 Å². The third kappa shape index (κ3) is 6.04. The lowest BCUT2D eigenvalue weighted by molar-refractivity contribution is -0.142. The highest BCUT2D eigenvalue weighted by Crippen LogP contribution is 2.24. The Hall–Kier alpha value is -1.58. The summed E-state index contributed by atoms with van der Waals surface area (Å²) in [5.74, 6) is -0.463. The monoisotopic (exact) mass is 308 g/mol. The Morgan fingerprint density at radius 3 is 2.27 bits per heavy atom. The zero-order valence-corrected chi connectivity index (χ0v) is 14.0. The molecule has 124 valence electrons. The van der Waals surface area contributed by atoms with E-state index in [4.69, 9.17) is 9.47 Å². The SMILES string of the molecule is CCCCOC(=O)C1=C(C(=O)OCCCC)CCC(C)C=C1. The molecule has 0 aromatic rings. The van der Waals surface area contributed by atoms with Gasteiger partial charge in [0, 0.05) is 0 Å². The van der Waals surface area contributed by atoms with Crippen LogP contribution in [0.5, 0.6) is 0 Å². The van der Waals surface area contributed by atoms with Crippen LogP contribution in [0, 0.1) is 5.92 Å². The molecule has 1 aliphatic carbocycles. The molecule has 0 aliphatic heterocycles. The normalized spacial score (nSPS) is 18.0. The average molecular weight is 308 g/mol. The summed E-state index contributed by atoms with van der Waals surface area (Å²) in [6.07, 6.45) is 8.67. The van der Waals surface area contributed by atoms with Gasteiger partial charge in [-0.15, -0.1) is 0 Å². The van der Waals surface area contributed by atoms with Gasteiger partial charge < -0.3 is 9.47 Å². The lowest BCUT2D eigenvalue weighted by Crippen LogP contribution is -2.16. The maximum absolute atomic E-state index is 12.3. The number of unbranched alkanes of at least 4 members (excludes halogenated alkanes) is 2. The molecule has 1 aliphatic rings. The van der Waals surface area contributed by atoms with E-state index in [0.29, 0.717) is 36.7 Å². The zero-order valence-electron chi connectivity index (χ0n) is 14.0. The predicted octanol–water partition coefficient (Wildman–Crippen LogP) is 3.96. The molecule has 1 unspecified atom stereocenters. The van der Waals surface area contributed by atoms with Gasteiger partial charge in [-0.05, 0) is 31.6 Å². The van der Waals surface area contributed by atoms with Crippen LogP contribution in [0.25, 0.3) is 0 Å². The fourth-order valence-corrected chi connectivity index (χ4v) is 2.15. The van der Waals surface area contributed by atoms with Crippen molar-refractivity contribution in [1.29, 1.82) is 0 Å². The molecule has 0 radical (unpaired) electrons. The van der Waals surface area contributed by atoms with Crippen LogP contribution in [0.3, 0.4) is 0 Å². The number of carbonyl (C=O) groups excluding carboxylic acids is 2. The Morgan fingerprint density at radius 1 is 1.09 bits per heavy atom. The number of rotatable bonds is 8. The molecule has 0 bridgehead atoms. The Bertz CT molecular complexity index is 434. The molecule has 22 heavy (non-hydrogen) atoms. The fourth-order valence-electron chi connectivity index (χ4n) is 2.15. The zero-order chi connectivity index (χ0) is 16.4. The Labute approximate surface area is 133 Å². The van der Waals surface area contributed by atoms with Crippen molar-refractivity contribution in [1.82, 2.24) is 0 Å². The summed E-state index contributed by atoms with van der Waals surface area (Å²) in [5, 5.41) is 0. The molecule has 0 N–H and O–H groups in total. The molecule has 0 saturated heterocycles. The van der Waals surface area contributed by atoms with Crippen LogP contribution >= 0.6 is 0 Å². The van der Waals surface area contributed by atoms with Gasteiger partial charge in [0.25, 0.3) is 0 Å². The third-order valence-corrected chi connectivity index (χ3v) is 3.69. The van der Waals surface area contributed by atoms with E-state index >= 15 is 0 Å².